The zero-order valence-electron chi connectivity index (χ0n) is 17.4. The molecule has 0 aliphatic rings. The minimum Gasteiger partial charge on any atom is -0.326 e. The van der Waals surface area contributed by atoms with E-state index in [1.165, 1.54) is 23.4 Å². The average Bonchev–Trinajstić information content (AvgIpc) is 2.64. The number of anilines is 2. The molecule has 0 saturated carbocycles. The summed E-state index contributed by atoms with van der Waals surface area (Å²) in [5.41, 5.74) is 2.99. The second-order valence-corrected chi connectivity index (χ2v) is 8.67. The summed E-state index contributed by atoms with van der Waals surface area (Å²) in [5, 5.41) is 5.51. The van der Waals surface area contributed by atoms with Crippen LogP contribution in [0.25, 0.3) is 0 Å². The molecule has 0 bridgehead atoms. The van der Waals surface area contributed by atoms with Gasteiger partial charge in [0.25, 0.3) is 5.91 Å². The van der Waals surface area contributed by atoms with Crippen molar-refractivity contribution in [1.29, 1.82) is 0 Å². The molecule has 2 aromatic carbocycles. The topological polar surface area (TPSA) is 95.6 Å². The molecule has 0 unspecified atom stereocenters. The molecule has 29 heavy (non-hydrogen) atoms. The van der Waals surface area contributed by atoms with Crippen molar-refractivity contribution in [2.24, 2.45) is 0 Å². The van der Waals surface area contributed by atoms with Crippen molar-refractivity contribution in [3.63, 3.8) is 0 Å². The van der Waals surface area contributed by atoms with Crippen molar-refractivity contribution in [3.05, 3.63) is 53.1 Å². The van der Waals surface area contributed by atoms with Gasteiger partial charge in [0, 0.05) is 37.0 Å². The van der Waals surface area contributed by atoms with E-state index in [-0.39, 0.29) is 10.8 Å². The minimum absolute atomic E-state index is 0.0918. The molecule has 0 spiro atoms. The van der Waals surface area contributed by atoms with E-state index in [0.29, 0.717) is 35.6 Å². The monoisotopic (exact) mass is 417 g/mol. The maximum Gasteiger partial charge on any atom is 0.255 e. The van der Waals surface area contributed by atoms with Crippen LogP contribution in [0.5, 0.6) is 0 Å². The predicted octanol–water partition coefficient (Wildman–Crippen LogP) is 3.54. The van der Waals surface area contributed by atoms with E-state index in [0.717, 1.165) is 5.56 Å². The van der Waals surface area contributed by atoms with Gasteiger partial charge in [0.2, 0.25) is 15.9 Å². The van der Waals surface area contributed by atoms with Crippen molar-refractivity contribution < 1.29 is 18.0 Å². The predicted molar refractivity (Wildman–Crippen MR) is 115 cm³/mol. The Hall–Kier alpha value is -2.71. The standard InChI is InChI=1S/C21H27N3O4S/c1-6-24(7-2)29(27,28)18-10-8-14(3)19(13-18)21(26)23-17-9-11-20(15(4)12-17)22-16(5)25/h8-13H,6-7H2,1-5H3,(H,22,25)(H,23,26). The number of carbonyl (C=O) groups excluding carboxylic acids is 2. The number of sulfonamides is 1. The summed E-state index contributed by atoms with van der Waals surface area (Å²) in [6.45, 7) is 9.27. The molecule has 0 saturated heterocycles. The molecule has 8 heteroatoms. The number of aryl methyl sites for hydroxylation is 2. The Morgan fingerprint density at radius 1 is 0.931 bits per heavy atom. The number of carbonyl (C=O) groups is 2. The van der Waals surface area contributed by atoms with E-state index < -0.39 is 15.9 Å². The summed E-state index contributed by atoms with van der Waals surface area (Å²) >= 11 is 0. The molecule has 0 aliphatic carbocycles. The third-order valence-corrected chi connectivity index (χ3v) is 6.64. The molecule has 0 aliphatic heterocycles. The van der Waals surface area contributed by atoms with Gasteiger partial charge in [-0.15, -0.1) is 0 Å². The van der Waals surface area contributed by atoms with Crippen LogP contribution in [0.2, 0.25) is 0 Å². The Balaban J connectivity index is 2.32. The zero-order chi connectivity index (χ0) is 21.8. The molecule has 2 aromatic rings. The highest BCUT2D eigenvalue weighted by Gasteiger charge is 2.23. The lowest BCUT2D eigenvalue weighted by atomic mass is 10.1. The summed E-state index contributed by atoms with van der Waals surface area (Å²) in [6, 6.07) is 9.71. The SMILES string of the molecule is CCN(CC)S(=O)(=O)c1ccc(C)c(C(=O)Nc2ccc(NC(C)=O)c(C)c2)c1. The first-order chi connectivity index (χ1) is 13.6. The van der Waals surface area contributed by atoms with Gasteiger partial charge in [0.15, 0.2) is 0 Å². The van der Waals surface area contributed by atoms with Gasteiger partial charge in [-0.25, -0.2) is 8.42 Å². The van der Waals surface area contributed by atoms with Crippen LogP contribution in [0.4, 0.5) is 11.4 Å². The van der Waals surface area contributed by atoms with E-state index in [1.807, 2.05) is 6.92 Å². The fraction of sp³-hybridized carbons (Fsp3) is 0.333. The van der Waals surface area contributed by atoms with Gasteiger partial charge in [0.05, 0.1) is 4.90 Å². The van der Waals surface area contributed by atoms with Gasteiger partial charge in [-0.1, -0.05) is 19.9 Å². The van der Waals surface area contributed by atoms with Crippen LogP contribution < -0.4 is 10.6 Å². The van der Waals surface area contributed by atoms with Crippen LogP contribution in [0.1, 0.15) is 42.3 Å². The molecule has 0 fully saturated rings. The van der Waals surface area contributed by atoms with E-state index in [2.05, 4.69) is 10.6 Å². The Labute approximate surface area is 172 Å². The molecule has 0 heterocycles. The Morgan fingerprint density at radius 2 is 1.59 bits per heavy atom. The summed E-state index contributed by atoms with van der Waals surface area (Å²) in [6.07, 6.45) is 0. The lowest BCUT2D eigenvalue weighted by Crippen LogP contribution is -2.30. The Kier molecular flexibility index (Phi) is 7.16. The van der Waals surface area contributed by atoms with Crippen molar-refractivity contribution in [3.8, 4) is 0 Å². The van der Waals surface area contributed by atoms with Gasteiger partial charge in [0.1, 0.15) is 0 Å². The molecule has 2 amide bonds. The fourth-order valence-corrected chi connectivity index (χ4v) is 4.47. The van der Waals surface area contributed by atoms with E-state index in [4.69, 9.17) is 0 Å². The first-order valence-corrected chi connectivity index (χ1v) is 10.8. The fourth-order valence-electron chi connectivity index (χ4n) is 2.99. The van der Waals surface area contributed by atoms with E-state index in [9.17, 15) is 18.0 Å². The molecule has 7 nitrogen and oxygen atoms in total. The second kappa shape index (κ2) is 9.19. The number of benzene rings is 2. The van der Waals surface area contributed by atoms with Crippen molar-refractivity contribution in [2.45, 2.75) is 39.5 Å². The number of amides is 2. The van der Waals surface area contributed by atoms with E-state index in [1.54, 1.807) is 45.0 Å². The van der Waals surface area contributed by atoms with Gasteiger partial charge in [-0.05, 0) is 55.3 Å². The second-order valence-electron chi connectivity index (χ2n) is 6.73. The largest absolute Gasteiger partial charge is 0.326 e. The zero-order valence-corrected chi connectivity index (χ0v) is 18.2. The van der Waals surface area contributed by atoms with Crippen LogP contribution in [0, 0.1) is 13.8 Å². The van der Waals surface area contributed by atoms with Gasteiger partial charge >= 0.3 is 0 Å². The van der Waals surface area contributed by atoms with Crippen molar-refractivity contribution in [2.75, 3.05) is 23.7 Å². The van der Waals surface area contributed by atoms with Gasteiger partial charge in [-0.2, -0.15) is 4.31 Å². The number of rotatable bonds is 7. The smallest absolute Gasteiger partial charge is 0.255 e. The molecular weight excluding hydrogens is 390 g/mol. The summed E-state index contributed by atoms with van der Waals surface area (Å²) in [4.78, 5) is 24.1. The van der Waals surface area contributed by atoms with Crippen molar-refractivity contribution in [1.82, 2.24) is 4.31 Å². The van der Waals surface area contributed by atoms with Crippen LogP contribution in [0.15, 0.2) is 41.3 Å². The first kappa shape index (κ1) is 22.6. The maximum absolute atomic E-state index is 12.8. The summed E-state index contributed by atoms with van der Waals surface area (Å²) in [7, 11) is -3.66. The minimum atomic E-state index is -3.66. The van der Waals surface area contributed by atoms with Crippen LogP contribution in [-0.4, -0.2) is 37.6 Å². The number of hydrogen-bond donors (Lipinski definition) is 2. The summed E-state index contributed by atoms with van der Waals surface area (Å²) < 4.78 is 26.9. The third-order valence-electron chi connectivity index (χ3n) is 4.59. The summed E-state index contributed by atoms with van der Waals surface area (Å²) in [5.74, 6) is -0.572. The van der Waals surface area contributed by atoms with Crippen LogP contribution >= 0.6 is 0 Å². The molecule has 2 rings (SSSR count). The quantitative estimate of drug-likeness (QED) is 0.720. The van der Waals surface area contributed by atoms with Gasteiger partial charge < -0.3 is 10.6 Å². The van der Waals surface area contributed by atoms with Crippen LogP contribution in [0.3, 0.4) is 0 Å². The van der Waals surface area contributed by atoms with Gasteiger partial charge in [-0.3, -0.25) is 9.59 Å². The number of nitrogens with zero attached hydrogens (tertiary/aromatic N) is 1. The third kappa shape index (κ3) is 5.21. The first-order valence-electron chi connectivity index (χ1n) is 9.40. The average molecular weight is 418 g/mol. The Bertz CT molecular complexity index is 1030. The lowest BCUT2D eigenvalue weighted by molar-refractivity contribution is -0.114. The molecular formula is C21H27N3O4S. The molecule has 0 radical (unpaired) electrons. The highest BCUT2D eigenvalue weighted by Crippen LogP contribution is 2.23. The number of hydrogen-bond acceptors (Lipinski definition) is 4. The highest BCUT2D eigenvalue weighted by atomic mass is 32.2. The molecule has 0 atom stereocenters. The Morgan fingerprint density at radius 3 is 2.14 bits per heavy atom. The molecule has 0 aromatic heterocycles. The van der Waals surface area contributed by atoms with E-state index >= 15 is 0 Å². The maximum atomic E-state index is 12.8. The molecule has 156 valence electrons. The van der Waals surface area contributed by atoms with Crippen LogP contribution in [-0.2, 0) is 14.8 Å². The number of nitrogens with one attached hydrogen (secondary N) is 2. The lowest BCUT2D eigenvalue weighted by Gasteiger charge is -2.19. The molecule has 2 N–H and O–H groups in total. The highest BCUT2D eigenvalue weighted by molar-refractivity contribution is 7.89. The van der Waals surface area contributed by atoms with Crippen molar-refractivity contribution >= 4 is 33.2 Å². The normalized spacial score (nSPS) is 11.4.